The van der Waals surface area contributed by atoms with Crippen molar-refractivity contribution >= 4 is 51.8 Å². The number of halogens is 2. The summed E-state index contributed by atoms with van der Waals surface area (Å²) < 4.78 is 1.63. The van der Waals surface area contributed by atoms with Gasteiger partial charge in [-0.2, -0.15) is 0 Å². The van der Waals surface area contributed by atoms with Gasteiger partial charge in [0.25, 0.3) is 0 Å². The van der Waals surface area contributed by atoms with Crippen molar-refractivity contribution in [3.05, 3.63) is 69.3 Å². The maximum Gasteiger partial charge on any atom is 0.325 e. The molecule has 0 aliphatic rings. The van der Waals surface area contributed by atoms with Crippen LogP contribution in [0.3, 0.4) is 0 Å². The first kappa shape index (κ1) is 21.9. The summed E-state index contributed by atoms with van der Waals surface area (Å²) in [7, 11) is 0. The molecule has 2 aromatic carbocycles. The van der Waals surface area contributed by atoms with Crippen molar-refractivity contribution in [3.63, 3.8) is 0 Å². The number of nitrogens with zero attached hydrogens (tertiary/aromatic N) is 1. The Morgan fingerprint density at radius 2 is 1.60 bits per heavy atom. The van der Waals surface area contributed by atoms with Gasteiger partial charge in [0.15, 0.2) is 5.41 Å². The average Bonchev–Trinajstić information content (AvgIpc) is 3.01. The zero-order valence-electron chi connectivity index (χ0n) is 16.3. The average molecular weight is 448 g/mol. The van der Waals surface area contributed by atoms with Gasteiger partial charge >= 0.3 is 11.9 Å². The molecule has 0 atom stereocenters. The fourth-order valence-corrected chi connectivity index (χ4v) is 4.24. The molecule has 0 saturated carbocycles. The Morgan fingerprint density at radius 1 is 0.967 bits per heavy atom. The molecule has 156 valence electrons. The third-order valence-corrected chi connectivity index (χ3v) is 5.80. The third-order valence-electron chi connectivity index (χ3n) is 5.33. The molecular weight excluding hydrogens is 429 g/mol. The second-order valence-electron chi connectivity index (χ2n) is 6.84. The molecule has 3 rings (SSSR count). The van der Waals surface area contributed by atoms with Crippen LogP contribution >= 0.6 is 23.2 Å². The number of benzene rings is 2. The molecule has 0 aliphatic heterocycles. The van der Waals surface area contributed by atoms with Gasteiger partial charge in [-0.05, 0) is 43.7 Å². The molecule has 0 fully saturated rings. The molecular formula is C22H19Cl2NO5. The van der Waals surface area contributed by atoms with E-state index < -0.39 is 23.1 Å². The standard InChI is InChI=1S/C22H19Cl2NO5/c1-3-22(20(27)28,21(29)30)17-15-11-14(24)8-9-16(15)25(4-2)18(17)19(26)12-6-5-7-13(23)10-12/h5-11H,3-4H2,1-2H3,(H,27,28)(H,29,30). The van der Waals surface area contributed by atoms with Crippen LogP contribution in [0, 0.1) is 0 Å². The van der Waals surface area contributed by atoms with E-state index in [1.165, 1.54) is 19.1 Å². The van der Waals surface area contributed by atoms with E-state index in [9.17, 15) is 24.6 Å². The smallest absolute Gasteiger partial charge is 0.325 e. The van der Waals surface area contributed by atoms with Gasteiger partial charge in [-0.25, -0.2) is 0 Å². The first-order valence-corrected chi connectivity index (χ1v) is 10.0. The minimum absolute atomic E-state index is 0.00341. The number of carboxylic acids is 2. The summed E-state index contributed by atoms with van der Waals surface area (Å²) in [5, 5.41) is 21.0. The lowest BCUT2D eigenvalue weighted by Crippen LogP contribution is -2.44. The summed E-state index contributed by atoms with van der Waals surface area (Å²) >= 11 is 12.2. The van der Waals surface area contributed by atoms with Crippen molar-refractivity contribution in [1.29, 1.82) is 0 Å². The maximum atomic E-state index is 13.6. The number of carbonyl (C=O) groups is 3. The highest BCUT2D eigenvalue weighted by molar-refractivity contribution is 6.32. The van der Waals surface area contributed by atoms with E-state index in [1.807, 2.05) is 0 Å². The molecule has 30 heavy (non-hydrogen) atoms. The predicted octanol–water partition coefficient (Wildman–Crippen LogP) is 5.02. The van der Waals surface area contributed by atoms with Crippen LogP contribution in [0.1, 0.15) is 41.9 Å². The van der Waals surface area contributed by atoms with Gasteiger partial charge in [0.2, 0.25) is 5.78 Å². The SMILES string of the molecule is CCn1c(C(=O)c2cccc(Cl)c2)c(C(CC)(C(=O)O)C(=O)O)c2cc(Cl)ccc21. The van der Waals surface area contributed by atoms with E-state index in [4.69, 9.17) is 23.2 Å². The molecule has 0 amide bonds. The first-order valence-electron chi connectivity index (χ1n) is 9.28. The molecule has 1 aromatic heterocycles. The van der Waals surface area contributed by atoms with Gasteiger partial charge in [-0.3, -0.25) is 14.4 Å². The summed E-state index contributed by atoms with van der Waals surface area (Å²) in [5.74, 6) is -3.61. The Balaban J connectivity index is 2.53. The number of ketones is 1. The van der Waals surface area contributed by atoms with Crippen molar-refractivity contribution in [2.75, 3.05) is 0 Å². The van der Waals surface area contributed by atoms with E-state index >= 15 is 0 Å². The molecule has 3 aromatic rings. The summed E-state index contributed by atoms with van der Waals surface area (Å²) in [6.07, 6.45) is -0.261. The van der Waals surface area contributed by atoms with Crippen molar-refractivity contribution in [2.45, 2.75) is 32.2 Å². The Morgan fingerprint density at radius 3 is 2.13 bits per heavy atom. The summed E-state index contributed by atoms with van der Waals surface area (Å²) in [4.78, 5) is 38.2. The summed E-state index contributed by atoms with van der Waals surface area (Å²) in [6.45, 7) is 3.58. The molecule has 0 aliphatic carbocycles. The summed E-state index contributed by atoms with van der Waals surface area (Å²) in [6, 6.07) is 11.0. The van der Waals surface area contributed by atoms with E-state index in [-0.39, 0.29) is 23.2 Å². The molecule has 0 radical (unpaired) electrons. The molecule has 6 nitrogen and oxygen atoms in total. The fraction of sp³-hybridized carbons (Fsp3) is 0.227. The lowest BCUT2D eigenvalue weighted by atomic mass is 9.75. The van der Waals surface area contributed by atoms with Crippen molar-refractivity contribution < 1.29 is 24.6 Å². The van der Waals surface area contributed by atoms with Crippen molar-refractivity contribution in [1.82, 2.24) is 4.57 Å². The largest absolute Gasteiger partial charge is 0.480 e. The highest BCUT2D eigenvalue weighted by Gasteiger charge is 2.51. The van der Waals surface area contributed by atoms with E-state index in [0.29, 0.717) is 27.5 Å². The minimum Gasteiger partial charge on any atom is -0.480 e. The number of carbonyl (C=O) groups excluding carboxylic acids is 1. The number of fused-ring (bicyclic) bond motifs is 1. The monoisotopic (exact) mass is 447 g/mol. The number of aliphatic carboxylic acids is 2. The van der Waals surface area contributed by atoms with Gasteiger partial charge < -0.3 is 14.8 Å². The van der Waals surface area contributed by atoms with Crippen LogP contribution in [-0.4, -0.2) is 32.5 Å². The normalized spacial score (nSPS) is 11.6. The van der Waals surface area contributed by atoms with E-state index in [1.54, 1.807) is 41.8 Å². The van der Waals surface area contributed by atoms with Crippen LogP contribution in [0.25, 0.3) is 10.9 Å². The van der Waals surface area contributed by atoms with Crippen LogP contribution in [0.2, 0.25) is 10.0 Å². The Hall–Kier alpha value is -2.83. The van der Waals surface area contributed by atoms with Gasteiger partial charge in [0.1, 0.15) is 0 Å². The first-order chi connectivity index (χ1) is 14.2. The number of aromatic nitrogens is 1. The second kappa shape index (κ2) is 8.13. The van der Waals surface area contributed by atoms with Gasteiger partial charge in [-0.15, -0.1) is 0 Å². The quantitative estimate of drug-likeness (QED) is 0.391. The van der Waals surface area contributed by atoms with Crippen molar-refractivity contribution in [3.8, 4) is 0 Å². The summed E-state index contributed by atoms with van der Waals surface area (Å²) in [5.41, 5.74) is -1.64. The topological polar surface area (TPSA) is 96.6 Å². The predicted molar refractivity (Wildman–Crippen MR) is 115 cm³/mol. The molecule has 2 N–H and O–H groups in total. The van der Waals surface area contributed by atoms with Crippen LogP contribution in [0.5, 0.6) is 0 Å². The number of hydrogen-bond acceptors (Lipinski definition) is 3. The van der Waals surface area contributed by atoms with E-state index in [0.717, 1.165) is 0 Å². The number of hydrogen-bond donors (Lipinski definition) is 2. The second-order valence-corrected chi connectivity index (χ2v) is 7.71. The number of aryl methyl sites for hydroxylation is 1. The number of carboxylic acid groups (broad SMARTS) is 2. The molecule has 0 spiro atoms. The zero-order valence-corrected chi connectivity index (χ0v) is 17.8. The lowest BCUT2D eigenvalue weighted by Gasteiger charge is -2.25. The van der Waals surface area contributed by atoms with Crippen LogP contribution < -0.4 is 0 Å². The highest BCUT2D eigenvalue weighted by Crippen LogP contribution is 2.41. The molecule has 0 saturated heterocycles. The maximum absolute atomic E-state index is 13.6. The van der Waals surface area contributed by atoms with Gasteiger partial charge in [-0.1, -0.05) is 42.3 Å². The third kappa shape index (κ3) is 3.26. The Kier molecular flexibility index (Phi) is 5.92. The Bertz CT molecular complexity index is 1170. The number of rotatable bonds is 7. The van der Waals surface area contributed by atoms with Crippen LogP contribution in [0.4, 0.5) is 0 Å². The molecule has 0 bridgehead atoms. The van der Waals surface area contributed by atoms with Gasteiger partial charge in [0, 0.05) is 38.6 Å². The lowest BCUT2D eigenvalue weighted by molar-refractivity contribution is -0.157. The minimum atomic E-state index is -2.33. The highest BCUT2D eigenvalue weighted by atomic mass is 35.5. The van der Waals surface area contributed by atoms with E-state index in [2.05, 4.69) is 0 Å². The fourth-order valence-electron chi connectivity index (χ4n) is 3.87. The molecule has 8 heteroatoms. The van der Waals surface area contributed by atoms with Crippen LogP contribution in [0.15, 0.2) is 42.5 Å². The van der Waals surface area contributed by atoms with Gasteiger partial charge in [0.05, 0.1) is 5.69 Å². The van der Waals surface area contributed by atoms with Crippen molar-refractivity contribution in [2.24, 2.45) is 0 Å². The van der Waals surface area contributed by atoms with Crippen LogP contribution in [-0.2, 0) is 21.5 Å². The zero-order chi connectivity index (χ0) is 22.2. The molecule has 1 heterocycles. The molecule has 0 unspecified atom stereocenters. The Labute approximate surface area is 182 Å².